The zero-order valence-corrected chi connectivity index (χ0v) is 6.96. The van der Waals surface area contributed by atoms with Gasteiger partial charge in [0.1, 0.15) is 0 Å². The Kier molecular flexibility index (Phi) is 2.88. The standard InChI is InChI=1S/C8H11BN2O/c1-11-8-4-7(9-12)3-2-6(8)5-10/h2-5,9-12H,1H3. The molecule has 0 saturated heterocycles. The summed E-state index contributed by atoms with van der Waals surface area (Å²) in [6, 6.07) is 5.45. The fourth-order valence-electron chi connectivity index (χ4n) is 1.04. The monoisotopic (exact) mass is 162 g/mol. The van der Waals surface area contributed by atoms with Crippen LogP contribution in [0.15, 0.2) is 18.2 Å². The largest absolute Gasteiger partial charge is 0.449 e. The molecule has 0 aliphatic rings. The van der Waals surface area contributed by atoms with Gasteiger partial charge in [0.05, 0.1) is 0 Å². The van der Waals surface area contributed by atoms with E-state index in [2.05, 4.69) is 5.32 Å². The van der Waals surface area contributed by atoms with Crippen molar-refractivity contribution in [1.82, 2.24) is 0 Å². The molecule has 0 spiro atoms. The van der Waals surface area contributed by atoms with Crippen LogP contribution >= 0.6 is 0 Å². The van der Waals surface area contributed by atoms with Crippen LogP contribution in [0, 0.1) is 5.41 Å². The molecule has 0 aromatic heterocycles. The minimum absolute atomic E-state index is 0.0347. The van der Waals surface area contributed by atoms with Crippen molar-refractivity contribution in [3.63, 3.8) is 0 Å². The summed E-state index contributed by atoms with van der Waals surface area (Å²) in [6.45, 7) is 0. The quantitative estimate of drug-likeness (QED) is 0.422. The summed E-state index contributed by atoms with van der Waals surface area (Å²) >= 11 is 0. The van der Waals surface area contributed by atoms with E-state index in [9.17, 15) is 0 Å². The maximum absolute atomic E-state index is 8.84. The smallest absolute Gasteiger partial charge is 0.304 e. The Hall–Kier alpha value is -1.29. The Labute approximate surface area is 72.2 Å². The third-order valence-corrected chi connectivity index (χ3v) is 1.73. The van der Waals surface area contributed by atoms with E-state index in [1.165, 1.54) is 6.21 Å². The summed E-state index contributed by atoms with van der Waals surface area (Å²) in [5, 5.41) is 18.9. The lowest BCUT2D eigenvalue weighted by atomic mass is 9.87. The highest BCUT2D eigenvalue weighted by Crippen LogP contribution is 2.09. The molecule has 0 aliphatic heterocycles. The summed E-state index contributed by atoms with van der Waals surface area (Å²) in [5.74, 6) is 0. The molecule has 0 heterocycles. The molecule has 0 amide bonds. The molecule has 4 heteroatoms. The van der Waals surface area contributed by atoms with Crippen LogP contribution in [0.25, 0.3) is 0 Å². The van der Waals surface area contributed by atoms with Crippen molar-refractivity contribution in [2.75, 3.05) is 12.4 Å². The van der Waals surface area contributed by atoms with Crippen molar-refractivity contribution in [2.24, 2.45) is 0 Å². The molecular weight excluding hydrogens is 151 g/mol. The molecule has 0 saturated carbocycles. The third kappa shape index (κ3) is 1.65. The van der Waals surface area contributed by atoms with Gasteiger partial charge in [-0.2, -0.15) is 0 Å². The maximum atomic E-state index is 8.84. The molecule has 1 rings (SSSR count). The van der Waals surface area contributed by atoms with Gasteiger partial charge in [-0.3, -0.25) is 0 Å². The van der Waals surface area contributed by atoms with Crippen LogP contribution in [0.3, 0.4) is 0 Å². The number of benzene rings is 1. The van der Waals surface area contributed by atoms with Crippen molar-refractivity contribution in [3.8, 4) is 0 Å². The molecular formula is C8H11BN2O. The first-order valence-corrected chi connectivity index (χ1v) is 3.74. The predicted octanol–water partition coefficient (Wildman–Crippen LogP) is -0.305. The van der Waals surface area contributed by atoms with E-state index in [0.29, 0.717) is 0 Å². The van der Waals surface area contributed by atoms with Gasteiger partial charge >= 0.3 is 7.48 Å². The third-order valence-electron chi connectivity index (χ3n) is 1.73. The lowest BCUT2D eigenvalue weighted by Crippen LogP contribution is -2.14. The van der Waals surface area contributed by atoms with Crippen molar-refractivity contribution in [2.45, 2.75) is 0 Å². The molecule has 3 N–H and O–H groups in total. The van der Waals surface area contributed by atoms with Gasteiger partial charge in [0.25, 0.3) is 0 Å². The molecule has 1 aromatic carbocycles. The van der Waals surface area contributed by atoms with Crippen LogP contribution in [0.4, 0.5) is 5.69 Å². The van der Waals surface area contributed by atoms with Gasteiger partial charge in [-0.25, -0.2) is 0 Å². The fraction of sp³-hybridized carbons (Fsp3) is 0.125. The Bertz CT molecular complexity index is 288. The summed E-state index contributed by atoms with van der Waals surface area (Å²) in [7, 11) is 1.83. The molecule has 0 aliphatic carbocycles. The Morgan fingerprint density at radius 2 is 2.33 bits per heavy atom. The fourth-order valence-corrected chi connectivity index (χ4v) is 1.04. The second-order valence-electron chi connectivity index (χ2n) is 2.47. The molecule has 3 nitrogen and oxygen atoms in total. The first kappa shape index (κ1) is 8.81. The minimum atomic E-state index is 0.0347. The van der Waals surface area contributed by atoms with E-state index in [1.807, 2.05) is 12.1 Å². The predicted molar refractivity (Wildman–Crippen MR) is 52.9 cm³/mol. The highest BCUT2D eigenvalue weighted by atomic mass is 16.2. The van der Waals surface area contributed by atoms with E-state index < -0.39 is 0 Å². The van der Waals surface area contributed by atoms with Gasteiger partial charge in [0.2, 0.25) is 0 Å². The summed E-state index contributed by atoms with van der Waals surface area (Å²) < 4.78 is 0. The maximum Gasteiger partial charge on any atom is 0.304 e. The first-order chi connectivity index (χ1) is 5.81. The Morgan fingerprint density at radius 1 is 1.58 bits per heavy atom. The molecule has 0 unspecified atom stereocenters. The first-order valence-electron chi connectivity index (χ1n) is 3.74. The number of nitrogens with one attached hydrogen (secondary N) is 2. The Morgan fingerprint density at radius 3 is 2.83 bits per heavy atom. The summed E-state index contributed by atoms with van der Waals surface area (Å²) in [6.07, 6.45) is 1.28. The average Bonchev–Trinajstić information content (AvgIpc) is 2.16. The van der Waals surface area contributed by atoms with Crippen LogP contribution in [0.5, 0.6) is 0 Å². The van der Waals surface area contributed by atoms with Gasteiger partial charge in [-0.15, -0.1) is 0 Å². The van der Waals surface area contributed by atoms with E-state index in [1.54, 1.807) is 13.1 Å². The van der Waals surface area contributed by atoms with Crippen molar-refractivity contribution < 1.29 is 5.02 Å². The summed E-state index contributed by atoms with van der Waals surface area (Å²) in [5.41, 5.74) is 2.55. The zero-order chi connectivity index (χ0) is 8.97. The average molecular weight is 162 g/mol. The molecule has 62 valence electrons. The number of hydrogen-bond acceptors (Lipinski definition) is 3. The number of anilines is 1. The SMILES string of the molecule is CNc1cc(BO)ccc1C=N. The van der Waals surface area contributed by atoms with Gasteiger partial charge in [0.15, 0.2) is 0 Å². The second kappa shape index (κ2) is 3.92. The van der Waals surface area contributed by atoms with E-state index >= 15 is 0 Å². The van der Waals surface area contributed by atoms with Crippen molar-refractivity contribution >= 4 is 24.8 Å². The number of hydrogen-bond donors (Lipinski definition) is 3. The normalized spacial score (nSPS) is 9.17. The van der Waals surface area contributed by atoms with Gasteiger partial charge in [-0.1, -0.05) is 17.6 Å². The van der Waals surface area contributed by atoms with Gasteiger partial charge < -0.3 is 15.8 Å². The second-order valence-corrected chi connectivity index (χ2v) is 2.47. The van der Waals surface area contributed by atoms with Gasteiger partial charge in [-0.05, 0) is 6.07 Å². The van der Waals surface area contributed by atoms with Crippen molar-refractivity contribution in [3.05, 3.63) is 23.8 Å². The van der Waals surface area contributed by atoms with E-state index in [4.69, 9.17) is 10.4 Å². The lowest BCUT2D eigenvalue weighted by Gasteiger charge is -2.05. The minimum Gasteiger partial charge on any atom is -0.449 e. The molecule has 12 heavy (non-hydrogen) atoms. The van der Waals surface area contributed by atoms with Crippen molar-refractivity contribution in [1.29, 1.82) is 5.41 Å². The van der Waals surface area contributed by atoms with Gasteiger partial charge in [0, 0.05) is 24.5 Å². The molecule has 0 atom stereocenters. The molecule has 0 radical (unpaired) electrons. The molecule has 0 bridgehead atoms. The zero-order valence-electron chi connectivity index (χ0n) is 6.96. The Balaban J connectivity index is 3.10. The summed E-state index contributed by atoms with van der Waals surface area (Å²) in [4.78, 5) is 0. The van der Waals surface area contributed by atoms with Crippen LogP contribution in [0.1, 0.15) is 5.56 Å². The van der Waals surface area contributed by atoms with E-state index in [0.717, 1.165) is 16.7 Å². The molecule has 1 aromatic rings. The van der Waals surface area contributed by atoms with Crippen LogP contribution in [-0.2, 0) is 0 Å². The molecule has 0 fully saturated rings. The highest BCUT2D eigenvalue weighted by Gasteiger charge is 1.99. The van der Waals surface area contributed by atoms with Crippen LogP contribution in [-0.4, -0.2) is 25.8 Å². The van der Waals surface area contributed by atoms with Crippen LogP contribution < -0.4 is 10.8 Å². The van der Waals surface area contributed by atoms with E-state index in [-0.39, 0.29) is 7.48 Å². The topological polar surface area (TPSA) is 56.1 Å². The number of rotatable bonds is 3. The van der Waals surface area contributed by atoms with Crippen LogP contribution in [0.2, 0.25) is 0 Å². The lowest BCUT2D eigenvalue weighted by molar-refractivity contribution is 0.615. The highest BCUT2D eigenvalue weighted by molar-refractivity contribution is 6.45.